The number of aromatic nitrogens is 2. The zero-order valence-electron chi connectivity index (χ0n) is 12.2. The van der Waals surface area contributed by atoms with E-state index in [0.717, 1.165) is 36.1 Å². The molecule has 0 amide bonds. The first-order chi connectivity index (χ1) is 10.3. The van der Waals surface area contributed by atoms with Crippen LogP contribution in [-0.4, -0.2) is 16.8 Å². The maximum atomic E-state index is 8.58. The molecule has 0 fully saturated rings. The molecule has 0 aliphatic heterocycles. The molecule has 0 spiro atoms. The lowest BCUT2D eigenvalue weighted by Gasteiger charge is -2.05. The van der Waals surface area contributed by atoms with Gasteiger partial charge in [-0.25, -0.2) is 0 Å². The summed E-state index contributed by atoms with van der Waals surface area (Å²) in [4.78, 5) is 0. The first kappa shape index (κ1) is 15.0. The fraction of sp³-hybridized carbons (Fsp3) is 0.353. The van der Waals surface area contributed by atoms with Crippen molar-refractivity contribution in [2.75, 3.05) is 6.61 Å². The SMILES string of the molecule is CCCCOc1ccc(-c2ccc(CCC#N)cc2)nn1. The molecule has 4 nitrogen and oxygen atoms in total. The van der Waals surface area contributed by atoms with Crippen LogP contribution in [0, 0.1) is 11.3 Å². The molecular formula is C17H19N3O. The van der Waals surface area contributed by atoms with Gasteiger partial charge in [0.1, 0.15) is 0 Å². The number of aryl methyl sites for hydroxylation is 1. The molecule has 108 valence electrons. The Morgan fingerprint density at radius 1 is 1.10 bits per heavy atom. The minimum atomic E-state index is 0.545. The van der Waals surface area contributed by atoms with Crippen LogP contribution in [0.5, 0.6) is 5.88 Å². The fourth-order valence-electron chi connectivity index (χ4n) is 1.91. The molecule has 2 rings (SSSR count). The van der Waals surface area contributed by atoms with E-state index in [-0.39, 0.29) is 0 Å². The second-order valence-electron chi connectivity index (χ2n) is 4.81. The molecule has 1 aromatic carbocycles. The number of nitriles is 1. The number of benzene rings is 1. The quantitative estimate of drug-likeness (QED) is 0.725. The first-order valence-corrected chi connectivity index (χ1v) is 7.26. The van der Waals surface area contributed by atoms with Gasteiger partial charge in [-0.1, -0.05) is 37.6 Å². The predicted molar refractivity (Wildman–Crippen MR) is 81.8 cm³/mol. The minimum absolute atomic E-state index is 0.545. The lowest BCUT2D eigenvalue weighted by atomic mass is 10.1. The first-order valence-electron chi connectivity index (χ1n) is 7.26. The summed E-state index contributed by atoms with van der Waals surface area (Å²) in [7, 11) is 0. The van der Waals surface area contributed by atoms with Crippen LogP contribution in [0.2, 0.25) is 0 Å². The number of unbranched alkanes of at least 4 members (excludes halogenated alkanes) is 1. The third-order valence-electron chi connectivity index (χ3n) is 3.16. The van der Waals surface area contributed by atoms with Crippen molar-refractivity contribution in [3.8, 4) is 23.2 Å². The topological polar surface area (TPSA) is 58.8 Å². The zero-order chi connectivity index (χ0) is 14.9. The summed E-state index contributed by atoms with van der Waals surface area (Å²) in [6.45, 7) is 2.80. The van der Waals surface area contributed by atoms with Crippen LogP contribution < -0.4 is 4.74 Å². The van der Waals surface area contributed by atoms with Crippen LogP contribution in [-0.2, 0) is 6.42 Å². The number of hydrogen-bond acceptors (Lipinski definition) is 4. The molecule has 0 atom stereocenters. The van der Waals surface area contributed by atoms with Gasteiger partial charge in [-0.15, -0.1) is 10.2 Å². The maximum Gasteiger partial charge on any atom is 0.233 e. The maximum absolute atomic E-state index is 8.58. The average Bonchev–Trinajstić information content (AvgIpc) is 2.54. The van der Waals surface area contributed by atoms with Crippen LogP contribution in [0.4, 0.5) is 0 Å². The normalized spacial score (nSPS) is 10.1. The molecule has 0 saturated carbocycles. The minimum Gasteiger partial charge on any atom is -0.477 e. The van der Waals surface area contributed by atoms with Crippen LogP contribution in [0.15, 0.2) is 36.4 Å². The predicted octanol–water partition coefficient (Wildman–Crippen LogP) is 3.78. The summed E-state index contributed by atoms with van der Waals surface area (Å²) in [5.41, 5.74) is 3.00. The Balaban J connectivity index is 1.99. The second-order valence-corrected chi connectivity index (χ2v) is 4.81. The molecule has 0 unspecified atom stereocenters. The lowest BCUT2D eigenvalue weighted by molar-refractivity contribution is 0.294. The van der Waals surface area contributed by atoms with Gasteiger partial charge < -0.3 is 4.74 Å². The van der Waals surface area contributed by atoms with Crippen LogP contribution in [0.25, 0.3) is 11.3 Å². The molecule has 2 aromatic rings. The highest BCUT2D eigenvalue weighted by molar-refractivity contribution is 5.59. The Kier molecular flexibility index (Phi) is 5.71. The van der Waals surface area contributed by atoms with E-state index in [1.165, 1.54) is 0 Å². The van der Waals surface area contributed by atoms with Gasteiger partial charge in [-0.3, -0.25) is 0 Å². The van der Waals surface area contributed by atoms with Gasteiger partial charge in [-0.2, -0.15) is 5.26 Å². The number of rotatable bonds is 7. The summed E-state index contributed by atoms with van der Waals surface area (Å²) < 4.78 is 5.50. The van der Waals surface area contributed by atoms with Crippen molar-refractivity contribution in [1.82, 2.24) is 10.2 Å². The second kappa shape index (κ2) is 8.01. The highest BCUT2D eigenvalue weighted by Gasteiger charge is 2.02. The van der Waals surface area contributed by atoms with E-state index >= 15 is 0 Å². The molecule has 21 heavy (non-hydrogen) atoms. The van der Waals surface area contributed by atoms with Gasteiger partial charge in [0.15, 0.2) is 0 Å². The summed E-state index contributed by atoms with van der Waals surface area (Å²) in [5, 5.41) is 16.9. The molecule has 0 N–H and O–H groups in total. The molecular weight excluding hydrogens is 262 g/mol. The summed E-state index contributed by atoms with van der Waals surface area (Å²) >= 11 is 0. The molecule has 1 heterocycles. The highest BCUT2D eigenvalue weighted by Crippen LogP contribution is 2.19. The lowest BCUT2D eigenvalue weighted by Crippen LogP contribution is -1.99. The van der Waals surface area contributed by atoms with E-state index in [4.69, 9.17) is 10.00 Å². The largest absolute Gasteiger partial charge is 0.477 e. The third kappa shape index (κ3) is 4.57. The van der Waals surface area contributed by atoms with E-state index in [1.54, 1.807) is 0 Å². The van der Waals surface area contributed by atoms with Crippen molar-refractivity contribution >= 4 is 0 Å². The van der Waals surface area contributed by atoms with Gasteiger partial charge >= 0.3 is 0 Å². The Morgan fingerprint density at radius 2 is 1.90 bits per heavy atom. The highest BCUT2D eigenvalue weighted by atomic mass is 16.5. The molecule has 0 aliphatic rings. The van der Waals surface area contributed by atoms with E-state index in [1.807, 2.05) is 36.4 Å². The van der Waals surface area contributed by atoms with Gasteiger partial charge in [0.2, 0.25) is 5.88 Å². The van der Waals surface area contributed by atoms with Crippen LogP contribution in [0.3, 0.4) is 0 Å². The Labute approximate surface area is 125 Å². The van der Waals surface area contributed by atoms with Gasteiger partial charge in [0.25, 0.3) is 0 Å². The Bertz CT molecular complexity index is 585. The van der Waals surface area contributed by atoms with Crippen molar-refractivity contribution in [3.05, 3.63) is 42.0 Å². The van der Waals surface area contributed by atoms with Crippen molar-refractivity contribution in [2.24, 2.45) is 0 Å². The summed E-state index contributed by atoms with van der Waals surface area (Å²) in [5.74, 6) is 0.567. The number of nitrogens with zero attached hydrogens (tertiary/aromatic N) is 3. The third-order valence-corrected chi connectivity index (χ3v) is 3.16. The smallest absolute Gasteiger partial charge is 0.233 e. The van der Waals surface area contributed by atoms with E-state index < -0.39 is 0 Å². The summed E-state index contributed by atoms with van der Waals surface area (Å²) in [6, 6.07) is 14.0. The van der Waals surface area contributed by atoms with Crippen molar-refractivity contribution in [1.29, 1.82) is 5.26 Å². The number of ether oxygens (including phenoxy) is 1. The summed E-state index contributed by atoms with van der Waals surface area (Å²) in [6.07, 6.45) is 3.45. The van der Waals surface area contributed by atoms with Gasteiger partial charge in [-0.05, 0) is 24.5 Å². The number of hydrogen-bond donors (Lipinski definition) is 0. The Morgan fingerprint density at radius 3 is 2.52 bits per heavy atom. The van der Waals surface area contributed by atoms with E-state index in [9.17, 15) is 0 Å². The molecule has 0 aliphatic carbocycles. The molecule has 1 aromatic heterocycles. The molecule has 4 heteroatoms. The molecule has 0 saturated heterocycles. The van der Waals surface area contributed by atoms with E-state index in [0.29, 0.717) is 18.9 Å². The van der Waals surface area contributed by atoms with E-state index in [2.05, 4.69) is 23.2 Å². The average molecular weight is 281 g/mol. The Hall–Kier alpha value is -2.41. The monoisotopic (exact) mass is 281 g/mol. The van der Waals surface area contributed by atoms with Crippen LogP contribution >= 0.6 is 0 Å². The van der Waals surface area contributed by atoms with Gasteiger partial charge in [0.05, 0.1) is 18.4 Å². The molecule has 0 bridgehead atoms. The van der Waals surface area contributed by atoms with Crippen molar-refractivity contribution in [2.45, 2.75) is 32.6 Å². The van der Waals surface area contributed by atoms with Gasteiger partial charge in [0, 0.05) is 18.1 Å². The molecule has 0 radical (unpaired) electrons. The standard InChI is InChI=1S/C17H19N3O/c1-2-3-13-21-17-11-10-16(19-20-17)15-8-6-14(7-9-15)5-4-12-18/h6-11H,2-5,13H2,1H3. The van der Waals surface area contributed by atoms with Crippen LogP contribution in [0.1, 0.15) is 31.7 Å². The zero-order valence-corrected chi connectivity index (χ0v) is 12.2. The van der Waals surface area contributed by atoms with Crippen molar-refractivity contribution < 1.29 is 4.74 Å². The fourth-order valence-corrected chi connectivity index (χ4v) is 1.91. The van der Waals surface area contributed by atoms with Crippen molar-refractivity contribution in [3.63, 3.8) is 0 Å².